The summed E-state index contributed by atoms with van der Waals surface area (Å²) in [6, 6.07) is 16.1. The molecule has 0 amide bonds. The molecule has 1 heterocycles. The molecule has 0 bridgehead atoms. The van der Waals surface area contributed by atoms with Gasteiger partial charge in [0.25, 0.3) is 0 Å². The van der Waals surface area contributed by atoms with Crippen LogP contribution in [0.5, 0.6) is 5.75 Å². The third kappa shape index (κ3) is 3.16. The number of amidine groups is 1. The zero-order valence-corrected chi connectivity index (χ0v) is 12.1. The van der Waals surface area contributed by atoms with Crippen molar-refractivity contribution in [3.63, 3.8) is 0 Å². The maximum absolute atomic E-state index is 5.26. The van der Waals surface area contributed by atoms with Crippen molar-refractivity contribution in [3.05, 3.63) is 54.1 Å². The number of methoxy groups -OCH3 is 1. The number of anilines is 2. The van der Waals surface area contributed by atoms with Crippen LogP contribution in [0.2, 0.25) is 0 Å². The van der Waals surface area contributed by atoms with Gasteiger partial charge in [0.2, 0.25) is 0 Å². The molecule has 0 atom stereocenters. The highest BCUT2D eigenvalue weighted by Crippen LogP contribution is 2.24. The standard InChI is InChI=1S/C17H19N3O/c1-21-14-7-4-6-13(12-14)20-16-9-3-2-8-15(16)17-18-10-5-11-19-17/h2-4,6-9,12,20H,5,10-11H2,1H3,(H,18,19). The summed E-state index contributed by atoms with van der Waals surface area (Å²) in [6.45, 7) is 1.86. The van der Waals surface area contributed by atoms with Gasteiger partial charge in [0.1, 0.15) is 11.6 Å². The summed E-state index contributed by atoms with van der Waals surface area (Å²) in [7, 11) is 1.67. The number of nitrogens with one attached hydrogen (secondary N) is 2. The van der Waals surface area contributed by atoms with Gasteiger partial charge in [0, 0.05) is 36.1 Å². The molecule has 0 fully saturated rings. The maximum Gasteiger partial charge on any atom is 0.130 e. The monoisotopic (exact) mass is 281 g/mol. The topological polar surface area (TPSA) is 45.6 Å². The van der Waals surface area contributed by atoms with Crippen LogP contribution in [0.3, 0.4) is 0 Å². The fourth-order valence-electron chi connectivity index (χ4n) is 2.37. The second-order valence-corrected chi connectivity index (χ2v) is 4.91. The minimum absolute atomic E-state index is 0.839. The first-order valence-electron chi connectivity index (χ1n) is 7.15. The molecule has 1 aliphatic rings. The van der Waals surface area contributed by atoms with E-state index in [1.807, 2.05) is 36.4 Å². The molecule has 0 spiro atoms. The average Bonchev–Trinajstić information content (AvgIpc) is 2.56. The van der Waals surface area contributed by atoms with E-state index in [-0.39, 0.29) is 0 Å². The van der Waals surface area contributed by atoms with Gasteiger partial charge in [-0.3, -0.25) is 4.99 Å². The van der Waals surface area contributed by atoms with Gasteiger partial charge < -0.3 is 15.4 Å². The van der Waals surface area contributed by atoms with E-state index in [1.165, 1.54) is 0 Å². The van der Waals surface area contributed by atoms with E-state index in [2.05, 4.69) is 27.8 Å². The lowest BCUT2D eigenvalue weighted by atomic mass is 10.1. The number of nitrogens with zero attached hydrogens (tertiary/aromatic N) is 1. The first-order valence-corrected chi connectivity index (χ1v) is 7.15. The van der Waals surface area contributed by atoms with Crippen LogP contribution in [0, 0.1) is 0 Å². The molecule has 21 heavy (non-hydrogen) atoms. The van der Waals surface area contributed by atoms with Crippen molar-refractivity contribution in [2.45, 2.75) is 6.42 Å². The second kappa shape index (κ2) is 6.31. The van der Waals surface area contributed by atoms with Crippen molar-refractivity contribution >= 4 is 17.2 Å². The first kappa shape index (κ1) is 13.5. The van der Waals surface area contributed by atoms with Crippen LogP contribution in [0.4, 0.5) is 11.4 Å². The van der Waals surface area contributed by atoms with Crippen molar-refractivity contribution < 1.29 is 4.74 Å². The highest BCUT2D eigenvalue weighted by atomic mass is 16.5. The van der Waals surface area contributed by atoms with Crippen LogP contribution >= 0.6 is 0 Å². The van der Waals surface area contributed by atoms with Gasteiger partial charge in [0.15, 0.2) is 0 Å². The maximum atomic E-state index is 5.26. The van der Waals surface area contributed by atoms with Crippen LogP contribution < -0.4 is 15.4 Å². The number of benzene rings is 2. The predicted molar refractivity (Wildman–Crippen MR) is 86.7 cm³/mol. The Bertz CT molecular complexity index is 652. The van der Waals surface area contributed by atoms with E-state index in [0.717, 1.165) is 48.0 Å². The Hall–Kier alpha value is -2.49. The largest absolute Gasteiger partial charge is 0.497 e. The average molecular weight is 281 g/mol. The Morgan fingerprint density at radius 1 is 1.14 bits per heavy atom. The molecule has 0 aliphatic carbocycles. The van der Waals surface area contributed by atoms with Crippen LogP contribution in [0.15, 0.2) is 53.5 Å². The lowest BCUT2D eigenvalue weighted by Gasteiger charge is -2.18. The minimum atomic E-state index is 0.839. The second-order valence-electron chi connectivity index (χ2n) is 4.91. The van der Waals surface area contributed by atoms with Crippen molar-refractivity contribution in [3.8, 4) is 5.75 Å². The molecule has 1 aliphatic heterocycles. The van der Waals surface area contributed by atoms with Crippen molar-refractivity contribution in [1.29, 1.82) is 0 Å². The predicted octanol–water partition coefficient (Wildman–Crippen LogP) is 3.18. The molecule has 4 nitrogen and oxygen atoms in total. The van der Waals surface area contributed by atoms with Gasteiger partial charge in [-0.1, -0.05) is 18.2 Å². The molecule has 2 aromatic rings. The third-order valence-electron chi connectivity index (χ3n) is 3.43. The minimum Gasteiger partial charge on any atom is -0.497 e. The number of ether oxygens (including phenoxy) is 1. The lowest BCUT2D eigenvalue weighted by molar-refractivity contribution is 0.415. The van der Waals surface area contributed by atoms with Crippen LogP contribution in [-0.4, -0.2) is 26.0 Å². The molecule has 0 saturated carbocycles. The molecule has 4 heteroatoms. The molecule has 2 N–H and O–H groups in total. The Balaban J connectivity index is 1.90. The van der Waals surface area contributed by atoms with Crippen LogP contribution in [0.25, 0.3) is 0 Å². The van der Waals surface area contributed by atoms with E-state index < -0.39 is 0 Å². The van der Waals surface area contributed by atoms with Gasteiger partial charge in [-0.2, -0.15) is 0 Å². The summed E-state index contributed by atoms with van der Waals surface area (Å²) in [5.41, 5.74) is 3.14. The number of hydrogen-bond acceptors (Lipinski definition) is 4. The lowest BCUT2D eigenvalue weighted by Crippen LogP contribution is -2.30. The normalized spacial score (nSPS) is 14.0. The van der Waals surface area contributed by atoms with E-state index in [1.54, 1.807) is 7.11 Å². The summed E-state index contributed by atoms with van der Waals surface area (Å²) in [5, 5.41) is 6.81. The van der Waals surface area contributed by atoms with Crippen LogP contribution in [-0.2, 0) is 0 Å². The van der Waals surface area contributed by atoms with Crippen molar-refractivity contribution in [2.24, 2.45) is 4.99 Å². The molecule has 0 unspecified atom stereocenters. The summed E-state index contributed by atoms with van der Waals surface area (Å²) in [6.07, 6.45) is 1.09. The SMILES string of the molecule is COc1cccc(Nc2ccccc2C2=NCCCN2)c1. The molecule has 2 aromatic carbocycles. The van der Waals surface area contributed by atoms with Crippen molar-refractivity contribution in [2.75, 3.05) is 25.5 Å². The third-order valence-corrected chi connectivity index (χ3v) is 3.43. The van der Waals surface area contributed by atoms with Gasteiger partial charge in [-0.05, 0) is 30.7 Å². The number of aliphatic imine (C=N–C) groups is 1. The highest BCUT2D eigenvalue weighted by molar-refractivity contribution is 6.04. The fourth-order valence-corrected chi connectivity index (χ4v) is 2.37. The first-order chi connectivity index (χ1) is 10.4. The summed E-state index contributed by atoms with van der Waals surface area (Å²) in [4.78, 5) is 4.58. The fraction of sp³-hybridized carbons (Fsp3) is 0.235. The molecule has 3 rings (SSSR count). The zero-order chi connectivity index (χ0) is 14.5. The molecular weight excluding hydrogens is 262 g/mol. The molecule has 0 radical (unpaired) electrons. The Kier molecular flexibility index (Phi) is 4.05. The molecule has 0 aromatic heterocycles. The molecule has 0 saturated heterocycles. The van der Waals surface area contributed by atoms with E-state index >= 15 is 0 Å². The number of hydrogen-bond donors (Lipinski definition) is 2. The Morgan fingerprint density at radius 2 is 2.05 bits per heavy atom. The van der Waals surface area contributed by atoms with E-state index in [4.69, 9.17) is 4.74 Å². The van der Waals surface area contributed by atoms with Gasteiger partial charge in [-0.25, -0.2) is 0 Å². The number of para-hydroxylation sites is 1. The zero-order valence-electron chi connectivity index (χ0n) is 12.1. The van der Waals surface area contributed by atoms with E-state index in [9.17, 15) is 0 Å². The van der Waals surface area contributed by atoms with E-state index in [0.29, 0.717) is 0 Å². The summed E-state index contributed by atoms with van der Waals surface area (Å²) >= 11 is 0. The highest BCUT2D eigenvalue weighted by Gasteiger charge is 2.11. The molecular formula is C17H19N3O. The Labute approximate surface area is 124 Å². The molecule has 108 valence electrons. The summed E-state index contributed by atoms with van der Waals surface area (Å²) in [5.74, 6) is 1.80. The smallest absolute Gasteiger partial charge is 0.130 e. The Morgan fingerprint density at radius 3 is 2.86 bits per heavy atom. The van der Waals surface area contributed by atoms with Gasteiger partial charge in [0.05, 0.1) is 7.11 Å². The van der Waals surface area contributed by atoms with Crippen molar-refractivity contribution in [1.82, 2.24) is 5.32 Å². The van der Waals surface area contributed by atoms with Gasteiger partial charge >= 0.3 is 0 Å². The van der Waals surface area contributed by atoms with Crippen LogP contribution in [0.1, 0.15) is 12.0 Å². The summed E-state index contributed by atoms with van der Waals surface area (Å²) < 4.78 is 5.26. The quantitative estimate of drug-likeness (QED) is 0.904. The number of rotatable bonds is 4. The van der Waals surface area contributed by atoms with Gasteiger partial charge in [-0.15, -0.1) is 0 Å².